The second-order valence-electron chi connectivity index (χ2n) is 8.18. The predicted octanol–water partition coefficient (Wildman–Crippen LogP) is 5.00. The van der Waals surface area contributed by atoms with Crippen LogP contribution in [-0.2, 0) is 5.60 Å². The smallest absolute Gasteiger partial charge is 0.136 e. The van der Waals surface area contributed by atoms with Crippen LogP contribution < -0.4 is 0 Å². The molecule has 3 heteroatoms. The number of aliphatic hydroxyl groups is 1. The molecule has 3 rings (SSSR count). The fourth-order valence-corrected chi connectivity index (χ4v) is 4.48. The van der Waals surface area contributed by atoms with Gasteiger partial charge in [-0.3, -0.25) is 0 Å². The van der Waals surface area contributed by atoms with Crippen LogP contribution in [0.5, 0.6) is 0 Å². The minimum Gasteiger partial charge on any atom is -0.458 e. The lowest BCUT2D eigenvalue weighted by molar-refractivity contribution is -0.103. The molecule has 0 bridgehead atoms. The van der Waals surface area contributed by atoms with Crippen LogP contribution in [0.25, 0.3) is 11.0 Å². The highest BCUT2D eigenvalue weighted by atomic mass is 19.1. The van der Waals surface area contributed by atoms with Crippen LogP contribution >= 0.6 is 0 Å². The molecule has 1 fully saturated rings. The molecule has 1 heterocycles. The maximum absolute atomic E-state index is 13.3. The van der Waals surface area contributed by atoms with E-state index in [9.17, 15) is 9.50 Å². The van der Waals surface area contributed by atoms with Gasteiger partial charge in [-0.15, -0.1) is 0 Å². The lowest BCUT2D eigenvalue weighted by Crippen LogP contribution is -2.43. The average molecular weight is 290 g/mol. The van der Waals surface area contributed by atoms with E-state index in [0.29, 0.717) is 29.6 Å². The summed E-state index contributed by atoms with van der Waals surface area (Å²) < 4.78 is 19.2. The first kappa shape index (κ1) is 14.6. The van der Waals surface area contributed by atoms with Gasteiger partial charge in [0.15, 0.2) is 0 Å². The fourth-order valence-electron chi connectivity index (χ4n) is 4.48. The summed E-state index contributed by atoms with van der Waals surface area (Å²) in [5.41, 5.74) is -0.275. The summed E-state index contributed by atoms with van der Waals surface area (Å²) in [5.74, 6) is 0.273. The van der Waals surface area contributed by atoms with Crippen LogP contribution in [0, 0.1) is 16.6 Å². The van der Waals surface area contributed by atoms with Crippen LogP contribution in [0.1, 0.15) is 52.7 Å². The molecule has 1 aromatic heterocycles. The number of hydrogen-bond acceptors (Lipinski definition) is 2. The van der Waals surface area contributed by atoms with E-state index >= 15 is 0 Å². The molecule has 114 valence electrons. The molecule has 1 aliphatic rings. The monoisotopic (exact) mass is 290 g/mol. The Kier molecular flexibility index (Phi) is 3.00. The largest absolute Gasteiger partial charge is 0.458 e. The van der Waals surface area contributed by atoms with Gasteiger partial charge < -0.3 is 9.52 Å². The van der Waals surface area contributed by atoms with Crippen LogP contribution in [0.3, 0.4) is 0 Å². The molecule has 1 saturated carbocycles. The van der Waals surface area contributed by atoms with Crippen molar-refractivity contribution in [2.24, 2.45) is 10.8 Å². The molecule has 1 N–H and O–H groups in total. The fraction of sp³-hybridized carbons (Fsp3) is 0.556. The third kappa shape index (κ3) is 2.71. The molecule has 0 unspecified atom stereocenters. The van der Waals surface area contributed by atoms with E-state index in [1.807, 2.05) is 0 Å². The number of furan rings is 1. The molecule has 0 saturated heterocycles. The third-order valence-electron chi connectivity index (χ3n) is 4.44. The van der Waals surface area contributed by atoms with E-state index < -0.39 is 5.60 Å². The van der Waals surface area contributed by atoms with E-state index in [1.54, 1.807) is 12.1 Å². The van der Waals surface area contributed by atoms with Crippen molar-refractivity contribution in [3.05, 3.63) is 35.8 Å². The van der Waals surface area contributed by atoms with E-state index in [0.717, 1.165) is 6.42 Å². The van der Waals surface area contributed by atoms with Gasteiger partial charge >= 0.3 is 0 Å². The number of hydrogen-bond donors (Lipinski definition) is 1. The predicted molar refractivity (Wildman–Crippen MR) is 81.5 cm³/mol. The van der Waals surface area contributed by atoms with E-state index in [-0.39, 0.29) is 16.6 Å². The maximum atomic E-state index is 13.3. The first-order valence-electron chi connectivity index (χ1n) is 7.51. The van der Waals surface area contributed by atoms with Crippen LogP contribution in [0.4, 0.5) is 4.39 Å². The van der Waals surface area contributed by atoms with Gasteiger partial charge in [-0.05, 0) is 54.4 Å². The van der Waals surface area contributed by atoms with Gasteiger partial charge in [-0.2, -0.15) is 0 Å². The summed E-state index contributed by atoms with van der Waals surface area (Å²) in [5, 5.41) is 11.9. The van der Waals surface area contributed by atoms with E-state index in [1.165, 1.54) is 12.1 Å². The molecule has 2 nitrogen and oxygen atoms in total. The van der Waals surface area contributed by atoms with Crippen molar-refractivity contribution >= 4 is 11.0 Å². The number of halogens is 1. The highest BCUT2D eigenvalue weighted by Crippen LogP contribution is 2.54. The molecule has 0 amide bonds. The summed E-state index contributed by atoms with van der Waals surface area (Å²) in [6.45, 7) is 8.73. The van der Waals surface area contributed by atoms with Gasteiger partial charge in [-0.25, -0.2) is 4.39 Å². The molecule has 1 aliphatic carbocycles. The van der Waals surface area contributed by atoms with Gasteiger partial charge in [-0.1, -0.05) is 27.7 Å². The minimum atomic E-state index is -0.985. The van der Waals surface area contributed by atoms with Crippen LogP contribution in [0.15, 0.2) is 28.7 Å². The average Bonchev–Trinajstić information content (AvgIpc) is 2.67. The number of fused-ring (bicyclic) bond motifs is 1. The van der Waals surface area contributed by atoms with Crippen molar-refractivity contribution in [3.8, 4) is 0 Å². The molecule has 2 aromatic rings. The van der Waals surface area contributed by atoms with Crippen LogP contribution in [0.2, 0.25) is 0 Å². The molecule has 0 spiro atoms. The topological polar surface area (TPSA) is 33.4 Å². The Hall–Kier alpha value is -1.35. The summed E-state index contributed by atoms with van der Waals surface area (Å²) >= 11 is 0. The zero-order chi connectivity index (χ0) is 15.5. The second kappa shape index (κ2) is 4.33. The van der Waals surface area contributed by atoms with Crippen molar-refractivity contribution in [3.63, 3.8) is 0 Å². The Bertz CT molecular complexity index is 666. The summed E-state index contributed by atoms with van der Waals surface area (Å²) in [6.07, 6.45) is 2.38. The van der Waals surface area contributed by atoms with E-state index in [2.05, 4.69) is 27.7 Å². The number of benzene rings is 1. The highest BCUT2D eigenvalue weighted by molar-refractivity contribution is 5.78. The van der Waals surface area contributed by atoms with Gasteiger partial charge in [0.25, 0.3) is 0 Å². The van der Waals surface area contributed by atoms with Crippen LogP contribution in [-0.4, -0.2) is 5.11 Å². The van der Waals surface area contributed by atoms with Crippen molar-refractivity contribution in [1.82, 2.24) is 0 Å². The zero-order valence-electron chi connectivity index (χ0n) is 13.2. The van der Waals surface area contributed by atoms with Crippen molar-refractivity contribution < 1.29 is 13.9 Å². The molecular formula is C18H23FO2. The Morgan fingerprint density at radius 3 is 2.24 bits per heavy atom. The second-order valence-corrected chi connectivity index (χ2v) is 8.18. The van der Waals surface area contributed by atoms with Gasteiger partial charge in [0, 0.05) is 5.39 Å². The normalized spacial score (nSPS) is 23.3. The first-order chi connectivity index (χ1) is 9.59. The molecule has 21 heavy (non-hydrogen) atoms. The van der Waals surface area contributed by atoms with Gasteiger partial charge in [0.05, 0.1) is 0 Å². The van der Waals surface area contributed by atoms with Crippen molar-refractivity contribution in [1.29, 1.82) is 0 Å². The number of rotatable bonds is 1. The standard InChI is InChI=1S/C18H23FO2/c1-16(2)9-17(3,4)11-18(20,10-16)15-8-12-7-13(19)5-6-14(12)21-15/h5-8,20H,9-11H2,1-4H3. The molecule has 0 atom stereocenters. The Labute approximate surface area is 125 Å². The molecule has 0 aliphatic heterocycles. The first-order valence-corrected chi connectivity index (χ1v) is 7.51. The molecule has 1 aromatic carbocycles. The summed E-state index contributed by atoms with van der Waals surface area (Å²) in [6, 6.07) is 6.24. The quantitative estimate of drug-likeness (QED) is 0.802. The van der Waals surface area contributed by atoms with Crippen molar-refractivity contribution in [2.75, 3.05) is 0 Å². The van der Waals surface area contributed by atoms with E-state index in [4.69, 9.17) is 4.42 Å². The Morgan fingerprint density at radius 1 is 1.00 bits per heavy atom. The maximum Gasteiger partial charge on any atom is 0.136 e. The SMILES string of the molecule is CC1(C)CC(C)(C)CC(O)(c2cc3cc(F)ccc3o2)C1. The summed E-state index contributed by atoms with van der Waals surface area (Å²) in [4.78, 5) is 0. The zero-order valence-corrected chi connectivity index (χ0v) is 13.2. The Balaban J connectivity index is 2.07. The minimum absolute atomic E-state index is 0.0424. The highest BCUT2D eigenvalue weighted by Gasteiger charge is 2.49. The Morgan fingerprint density at radius 2 is 1.62 bits per heavy atom. The lowest BCUT2D eigenvalue weighted by Gasteiger charge is -2.48. The van der Waals surface area contributed by atoms with Gasteiger partial charge in [0.1, 0.15) is 22.8 Å². The molecule has 0 radical (unpaired) electrons. The third-order valence-corrected chi connectivity index (χ3v) is 4.44. The van der Waals surface area contributed by atoms with Gasteiger partial charge in [0.2, 0.25) is 0 Å². The molecular weight excluding hydrogens is 267 g/mol. The van der Waals surface area contributed by atoms with Crippen molar-refractivity contribution in [2.45, 2.75) is 52.6 Å². The summed E-state index contributed by atoms with van der Waals surface area (Å²) in [7, 11) is 0. The lowest BCUT2D eigenvalue weighted by atomic mass is 9.59.